The average molecular weight is 247 g/mol. The molecule has 0 spiro atoms. The Kier molecular flexibility index (Phi) is 3.73. The summed E-state index contributed by atoms with van der Waals surface area (Å²) in [7, 11) is -3.61. The molecule has 6 heteroatoms. The van der Waals surface area contributed by atoms with E-state index < -0.39 is 10.0 Å². The predicted molar refractivity (Wildman–Crippen MR) is 61.2 cm³/mol. The highest BCUT2D eigenvalue weighted by molar-refractivity contribution is 7.89. The van der Waals surface area contributed by atoms with Gasteiger partial charge in [0.15, 0.2) is 0 Å². The topological polar surface area (TPSA) is 72.2 Å². The zero-order chi connectivity index (χ0) is 11.5. The average Bonchev–Trinajstić information content (AvgIpc) is 2.18. The second-order valence-electron chi connectivity index (χ2n) is 2.83. The largest absolute Gasteiger partial charge is 0.399 e. The Morgan fingerprint density at radius 2 is 2.20 bits per heavy atom. The van der Waals surface area contributed by atoms with E-state index in [0.717, 1.165) is 0 Å². The van der Waals surface area contributed by atoms with E-state index in [2.05, 4.69) is 11.3 Å². The second-order valence-corrected chi connectivity index (χ2v) is 4.97. The van der Waals surface area contributed by atoms with Crippen molar-refractivity contribution in [3.05, 3.63) is 35.9 Å². The molecule has 0 saturated carbocycles. The third-order valence-corrected chi connectivity index (χ3v) is 3.57. The van der Waals surface area contributed by atoms with Crippen LogP contribution >= 0.6 is 11.6 Å². The number of anilines is 1. The first-order valence-corrected chi connectivity index (χ1v) is 5.99. The third-order valence-electron chi connectivity index (χ3n) is 1.66. The van der Waals surface area contributed by atoms with E-state index in [1.807, 2.05) is 0 Å². The molecular formula is C9H11ClN2O2S. The normalized spacial score (nSPS) is 11.3. The highest BCUT2D eigenvalue weighted by Gasteiger charge is 2.16. The van der Waals surface area contributed by atoms with Gasteiger partial charge in [0.05, 0.1) is 5.02 Å². The smallest absolute Gasteiger partial charge is 0.242 e. The molecule has 0 saturated heterocycles. The van der Waals surface area contributed by atoms with Gasteiger partial charge in [0, 0.05) is 12.2 Å². The Morgan fingerprint density at radius 1 is 1.53 bits per heavy atom. The van der Waals surface area contributed by atoms with Crippen molar-refractivity contribution in [2.45, 2.75) is 4.90 Å². The lowest BCUT2D eigenvalue weighted by atomic mass is 10.3. The van der Waals surface area contributed by atoms with E-state index in [-0.39, 0.29) is 16.5 Å². The highest BCUT2D eigenvalue weighted by Crippen LogP contribution is 2.23. The quantitative estimate of drug-likeness (QED) is 0.623. The van der Waals surface area contributed by atoms with Gasteiger partial charge in [-0.25, -0.2) is 13.1 Å². The summed E-state index contributed by atoms with van der Waals surface area (Å²) >= 11 is 5.76. The molecule has 0 amide bonds. The van der Waals surface area contributed by atoms with Crippen molar-refractivity contribution in [1.29, 1.82) is 0 Å². The Bertz CT molecular complexity index is 471. The SMILES string of the molecule is C=CCNS(=O)(=O)c1cc(N)ccc1Cl. The molecule has 0 aromatic heterocycles. The molecule has 0 atom stereocenters. The lowest BCUT2D eigenvalue weighted by molar-refractivity contribution is 0.585. The van der Waals surface area contributed by atoms with Gasteiger partial charge < -0.3 is 5.73 Å². The molecule has 1 rings (SSSR count). The first-order chi connectivity index (χ1) is 6.97. The highest BCUT2D eigenvalue weighted by atomic mass is 35.5. The van der Waals surface area contributed by atoms with Gasteiger partial charge in [0.25, 0.3) is 0 Å². The zero-order valence-corrected chi connectivity index (χ0v) is 9.48. The van der Waals surface area contributed by atoms with Gasteiger partial charge in [-0.15, -0.1) is 6.58 Å². The van der Waals surface area contributed by atoms with Crippen LogP contribution in [0.3, 0.4) is 0 Å². The van der Waals surface area contributed by atoms with Crippen LogP contribution in [0.4, 0.5) is 5.69 Å². The minimum absolute atomic E-state index is 0.0222. The number of nitrogen functional groups attached to an aromatic ring is 1. The molecule has 0 unspecified atom stereocenters. The third kappa shape index (κ3) is 2.95. The Morgan fingerprint density at radius 3 is 2.80 bits per heavy atom. The van der Waals surface area contributed by atoms with E-state index in [0.29, 0.717) is 5.69 Å². The Labute approximate surface area is 93.8 Å². The first-order valence-electron chi connectivity index (χ1n) is 4.13. The molecule has 4 nitrogen and oxygen atoms in total. The standard InChI is InChI=1S/C9H11ClN2O2S/c1-2-5-12-15(13,14)9-6-7(11)3-4-8(9)10/h2-4,6,12H,1,5,11H2. The summed E-state index contributed by atoms with van der Waals surface area (Å²) in [5, 5.41) is 0.140. The summed E-state index contributed by atoms with van der Waals surface area (Å²) in [5.74, 6) is 0. The van der Waals surface area contributed by atoms with Gasteiger partial charge >= 0.3 is 0 Å². The molecule has 1 aromatic rings. The maximum Gasteiger partial charge on any atom is 0.242 e. The molecule has 0 aliphatic heterocycles. The minimum atomic E-state index is -3.61. The van der Waals surface area contributed by atoms with Gasteiger partial charge in [0.2, 0.25) is 10.0 Å². The summed E-state index contributed by atoms with van der Waals surface area (Å²) in [5.41, 5.74) is 5.83. The van der Waals surface area contributed by atoms with Crippen LogP contribution in [0.15, 0.2) is 35.7 Å². The molecule has 15 heavy (non-hydrogen) atoms. The van der Waals surface area contributed by atoms with Crippen LogP contribution in [0.5, 0.6) is 0 Å². The van der Waals surface area contributed by atoms with Crippen LogP contribution in [0.25, 0.3) is 0 Å². The number of nitrogens with one attached hydrogen (secondary N) is 1. The van der Waals surface area contributed by atoms with E-state index >= 15 is 0 Å². The molecule has 0 radical (unpaired) electrons. The minimum Gasteiger partial charge on any atom is -0.399 e. The van der Waals surface area contributed by atoms with E-state index in [1.165, 1.54) is 24.3 Å². The summed E-state index contributed by atoms with van der Waals surface area (Å²) in [6, 6.07) is 4.29. The number of nitrogens with two attached hydrogens (primary N) is 1. The molecule has 0 aliphatic carbocycles. The van der Waals surface area contributed by atoms with Gasteiger partial charge in [-0.05, 0) is 18.2 Å². The van der Waals surface area contributed by atoms with Gasteiger partial charge in [0.1, 0.15) is 4.90 Å². The summed E-state index contributed by atoms with van der Waals surface area (Å²) in [6.07, 6.45) is 1.44. The van der Waals surface area contributed by atoms with Crippen molar-refractivity contribution in [1.82, 2.24) is 4.72 Å². The maximum absolute atomic E-state index is 11.7. The van der Waals surface area contributed by atoms with Crippen molar-refractivity contribution in [3.8, 4) is 0 Å². The molecule has 0 heterocycles. The van der Waals surface area contributed by atoms with Crippen LogP contribution in [0, 0.1) is 0 Å². The Hall–Kier alpha value is -1.04. The van der Waals surface area contributed by atoms with Crippen molar-refractivity contribution in [2.75, 3.05) is 12.3 Å². The van der Waals surface area contributed by atoms with Gasteiger partial charge in [-0.1, -0.05) is 17.7 Å². The predicted octanol–water partition coefficient (Wildman–Crippen LogP) is 1.39. The monoisotopic (exact) mass is 246 g/mol. The Balaban J connectivity index is 3.14. The molecule has 82 valence electrons. The number of hydrogen-bond donors (Lipinski definition) is 2. The van der Waals surface area contributed by atoms with Gasteiger partial charge in [-0.2, -0.15) is 0 Å². The van der Waals surface area contributed by atoms with Crippen molar-refractivity contribution in [2.24, 2.45) is 0 Å². The maximum atomic E-state index is 11.7. The summed E-state index contributed by atoms with van der Waals surface area (Å²) < 4.78 is 25.6. The fourth-order valence-electron chi connectivity index (χ4n) is 0.972. The lowest BCUT2D eigenvalue weighted by Gasteiger charge is -2.07. The molecule has 1 aromatic carbocycles. The van der Waals surface area contributed by atoms with E-state index in [4.69, 9.17) is 17.3 Å². The van der Waals surface area contributed by atoms with Crippen LogP contribution in [0.1, 0.15) is 0 Å². The van der Waals surface area contributed by atoms with E-state index in [9.17, 15) is 8.42 Å². The molecule has 3 N–H and O–H groups in total. The van der Waals surface area contributed by atoms with Crippen LogP contribution < -0.4 is 10.5 Å². The summed E-state index contributed by atoms with van der Waals surface area (Å²) in [4.78, 5) is -0.0222. The molecular weight excluding hydrogens is 236 g/mol. The number of halogens is 1. The molecule has 0 aliphatic rings. The number of benzene rings is 1. The van der Waals surface area contributed by atoms with Crippen LogP contribution in [-0.4, -0.2) is 15.0 Å². The van der Waals surface area contributed by atoms with Gasteiger partial charge in [-0.3, -0.25) is 0 Å². The number of sulfonamides is 1. The lowest BCUT2D eigenvalue weighted by Crippen LogP contribution is -2.24. The van der Waals surface area contributed by atoms with Crippen molar-refractivity contribution in [3.63, 3.8) is 0 Å². The fourth-order valence-corrected chi connectivity index (χ4v) is 2.50. The summed E-state index contributed by atoms with van der Waals surface area (Å²) in [6.45, 7) is 3.56. The number of hydrogen-bond acceptors (Lipinski definition) is 3. The van der Waals surface area contributed by atoms with E-state index in [1.54, 1.807) is 0 Å². The first kappa shape index (κ1) is 12.0. The fraction of sp³-hybridized carbons (Fsp3) is 0.111. The van der Waals surface area contributed by atoms with Crippen molar-refractivity contribution < 1.29 is 8.42 Å². The molecule has 0 bridgehead atoms. The molecule has 0 fully saturated rings. The number of rotatable bonds is 4. The van der Waals surface area contributed by atoms with Crippen LogP contribution in [0.2, 0.25) is 5.02 Å². The second kappa shape index (κ2) is 4.65. The van der Waals surface area contributed by atoms with Crippen molar-refractivity contribution >= 4 is 27.3 Å². The zero-order valence-electron chi connectivity index (χ0n) is 7.90. The van der Waals surface area contributed by atoms with Crippen LogP contribution in [-0.2, 0) is 10.0 Å².